The Morgan fingerprint density at radius 1 is 1.19 bits per heavy atom. The molecule has 0 amide bonds. The normalized spacial score (nSPS) is 10.8. The summed E-state index contributed by atoms with van der Waals surface area (Å²) in [4.78, 5) is 4.35. The van der Waals surface area contributed by atoms with Crippen LogP contribution in [-0.4, -0.2) is 24.5 Å². The summed E-state index contributed by atoms with van der Waals surface area (Å²) >= 11 is 0. The van der Waals surface area contributed by atoms with Crippen LogP contribution >= 0.6 is 0 Å². The lowest BCUT2D eigenvalue weighted by Gasteiger charge is -2.07. The minimum absolute atomic E-state index is 0.289. The van der Waals surface area contributed by atoms with Gasteiger partial charge in [0.15, 0.2) is 5.82 Å². The number of pyridine rings is 1. The van der Waals surface area contributed by atoms with E-state index >= 15 is 0 Å². The molecule has 0 aliphatic rings. The van der Waals surface area contributed by atoms with Crippen molar-refractivity contribution in [1.29, 1.82) is 5.26 Å². The fourth-order valence-corrected chi connectivity index (χ4v) is 2.74. The van der Waals surface area contributed by atoms with E-state index in [2.05, 4.69) is 26.6 Å². The molecule has 4 rings (SSSR count). The van der Waals surface area contributed by atoms with Gasteiger partial charge in [-0.05, 0) is 23.8 Å². The van der Waals surface area contributed by atoms with Crippen LogP contribution in [0, 0.1) is 17.1 Å². The standard InChI is InChI=1S/C18H14FN7/c1-25-5-4-17(24-25)23-18-7-16-14(9-21-18)10-22-26(16)11-13-6-15(19)3-2-12(13)8-20/h2-7,9-10H,11H2,1H3,(H,21,23,24). The maximum atomic E-state index is 13.6. The molecule has 3 heterocycles. The topological polar surface area (TPSA) is 84.4 Å². The summed E-state index contributed by atoms with van der Waals surface area (Å²) in [5.74, 6) is 0.926. The molecule has 1 N–H and O–H groups in total. The van der Waals surface area contributed by atoms with E-state index in [1.54, 1.807) is 21.8 Å². The largest absolute Gasteiger partial charge is 0.323 e. The molecular formula is C18H14FN7. The zero-order chi connectivity index (χ0) is 18.1. The van der Waals surface area contributed by atoms with Crippen LogP contribution < -0.4 is 5.32 Å². The molecule has 0 radical (unpaired) electrons. The number of nitrogens with zero attached hydrogens (tertiary/aromatic N) is 6. The number of hydrogen-bond donors (Lipinski definition) is 1. The minimum atomic E-state index is -0.380. The van der Waals surface area contributed by atoms with Crippen molar-refractivity contribution >= 4 is 22.5 Å². The van der Waals surface area contributed by atoms with Gasteiger partial charge in [0.05, 0.1) is 29.9 Å². The van der Waals surface area contributed by atoms with Gasteiger partial charge >= 0.3 is 0 Å². The Bertz CT molecular complexity index is 1140. The van der Waals surface area contributed by atoms with Crippen LogP contribution in [-0.2, 0) is 13.6 Å². The number of nitriles is 1. The first-order valence-electron chi connectivity index (χ1n) is 7.89. The van der Waals surface area contributed by atoms with E-state index in [0.29, 0.717) is 22.8 Å². The number of anilines is 2. The predicted molar refractivity (Wildman–Crippen MR) is 94.2 cm³/mol. The molecule has 0 atom stereocenters. The first-order valence-corrected chi connectivity index (χ1v) is 7.89. The minimum Gasteiger partial charge on any atom is -0.323 e. The highest BCUT2D eigenvalue weighted by Gasteiger charge is 2.10. The van der Waals surface area contributed by atoms with Crippen LogP contribution in [0.25, 0.3) is 10.9 Å². The molecule has 128 valence electrons. The van der Waals surface area contributed by atoms with E-state index in [0.717, 1.165) is 10.9 Å². The van der Waals surface area contributed by atoms with Crippen LogP contribution in [0.15, 0.2) is 48.9 Å². The molecule has 0 bridgehead atoms. The highest BCUT2D eigenvalue weighted by Crippen LogP contribution is 2.21. The molecule has 0 aliphatic carbocycles. The van der Waals surface area contributed by atoms with Crippen LogP contribution in [0.3, 0.4) is 0 Å². The van der Waals surface area contributed by atoms with E-state index < -0.39 is 0 Å². The smallest absolute Gasteiger partial charge is 0.153 e. The number of aryl methyl sites for hydroxylation is 1. The Morgan fingerprint density at radius 2 is 2.08 bits per heavy atom. The van der Waals surface area contributed by atoms with Crippen LogP contribution in [0.5, 0.6) is 0 Å². The first kappa shape index (κ1) is 15.8. The lowest BCUT2D eigenvalue weighted by atomic mass is 10.1. The zero-order valence-corrected chi connectivity index (χ0v) is 13.9. The number of rotatable bonds is 4. The number of fused-ring (bicyclic) bond motifs is 1. The second kappa shape index (κ2) is 6.29. The third-order valence-electron chi connectivity index (χ3n) is 4.00. The number of nitrogens with one attached hydrogen (secondary N) is 1. The second-order valence-corrected chi connectivity index (χ2v) is 5.84. The predicted octanol–water partition coefficient (Wildman–Crippen LogP) is 2.97. The maximum Gasteiger partial charge on any atom is 0.153 e. The van der Waals surface area contributed by atoms with Gasteiger partial charge in [-0.2, -0.15) is 15.5 Å². The quantitative estimate of drug-likeness (QED) is 0.613. The van der Waals surface area contributed by atoms with Crippen molar-refractivity contribution in [2.45, 2.75) is 6.54 Å². The Kier molecular flexibility index (Phi) is 3.82. The number of benzene rings is 1. The first-order chi connectivity index (χ1) is 12.6. The molecule has 7 nitrogen and oxygen atoms in total. The fraction of sp³-hybridized carbons (Fsp3) is 0.111. The molecule has 0 spiro atoms. The Hall–Kier alpha value is -3.73. The van der Waals surface area contributed by atoms with E-state index in [1.165, 1.54) is 18.2 Å². The summed E-state index contributed by atoms with van der Waals surface area (Å²) in [5, 5.41) is 21.8. The molecular weight excluding hydrogens is 333 g/mol. The van der Waals surface area contributed by atoms with Crippen molar-refractivity contribution in [3.8, 4) is 6.07 Å². The zero-order valence-electron chi connectivity index (χ0n) is 13.9. The number of halogens is 1. The van der Waals surface area contributed by atoms with Gasteiger partial charge in [-0.3, -0.25) is 9.36 Å². The van der Waals surface area contributed by atoms with Crippen molar-refractivity contribution in [2.24, 2.45) is 7.05 Å². The molecule has 0 saturated heterocycles. The fourth-order valence-electron chi connectivity index (χ4n) is 2.74. The molecule has 8 heteroatoms. The average molecular weight is 347 g/mol. The number of aromatic nitrogens is 5. The summed E-state index contributed by atoms with van der Waals surface area (Å²) < 4.78 is 17.0. The maximum absolute atomic E-state index is 13.6. The van der Waals surface area contributed by atoms with Gasteiger partial charge in [-0.25, -0.2) is 9.37 Å². The third kappa shape index (κ3) is 2.98. The monoisotopic (exact) mass is 347 g/mol. The molecule has 0 fully saturated rings. The van der Waals surface area contributed by atoms with E-state index in [4.69, 9.17) is 0 Å². The summed E-state index contributed by atoms with van der Waals surface area (Å²) in [6.07, 6.45) is 5.23. The Balaban J connectivity index is 1.69. The second-order valence-electron chi connectivity index (χ2n) is 5.84. The highest BCUT2D eigenvalue weighted by molar-refractivity contribution is 5.81. The molecule has 3 aromatic heterocycles. The van der Waals surface area contributed by atoms with Gasteiger partial charge in [-0.15, -0.1) is 0 Å². The van der Waals surface area contributed by atoms with Crippen molar-refractivity contribution < 1.29 is 4.39 Å². The molecule has 0 unspecified atom stereocenters. The summed E-state index contributed by atoms with van der Waals surface area (Å²) in [6, 6.07) is 9.90. The molecule has 4 aromatic rings. The van der Waals surface area contributed by atoms with Gasteiger partial charge in [0.2, 0.25) is 0 Å². The Labute approximate surface area is 148 Å². The number of hydrogen-bond acceptors (Lipinski definition) is 5. The molecule has 26 heavy (non-hydrogen) atoms. The van der Waals surface area contributed by atoms with Crippen molar-refractivity contribution in [1.82, 2.24) is 24.5 Å². The highest BCUT2D eigenvalue weighted by atomic mass is 19.1. The Morgan fingerprint density at radius 3 is 2.85 bits per heavy atom. The summed E-state index contributed by atoms with van der Waals surface area (Å²) in [7, 11) is 1.84. The van der Waals surface area contributed by atoms with Crippen molar-refractivity contribution in [3.63, 3.8) is 0 Å². The lowest BCUT2D eigenvalue weighted by molar-refractivity contribution is 0.620. The molecule has 1 aromatic carbocycles. The SMILES string of the molecule is Cn1ccc(Nc2cc3c(cn2)cnn3Cc2cc(F)ccc2C#N)n1. The van der Waals surface area contributed by atoms with Gasteiger partial charge in [-0.1, -0.05) is 0 Å². The van der Waals surface area contributed by atoms with Crippen LogP contribution in [0.1, 0.15) is 11.1 Å². The summed E-state index contributed by atoms with van der Waals surface area (Å²) in [6.45, 7) is 0.289. The van der Waals surface area contributed by atoms with E-state index in [-0.39, 0.29) is 12.4 Å². The van der Waals surface area contributed by atoms with Crippen molar-refractivity contribution in [3.05, 3.63) is 65.9 Å². The lowest BCUT2D eigenvalue weighted by Crippen LogP contribution is -2.04. The van der Waals surface area contributed by atoms with Gasteiger partial charge in [0.25, 0.3) is 0 Å². The molecule has 0 aliphatic heterocycles. The summed E-state index contributed by atoms with van der Waals surface area (Å²) in [5.41, 5.74) is 1.83. The van der Waals surface area contributed by atoms with Gasteiger partial charge in [0.1, 0.15) is 11.6 Å². The average Bonchev–Trinajstić information content (AvgIpc) is 3.21. The van der Waals surface area contributed by atoms with Crippen molar-refractivity contribution in [2.75, 3.05) is 5.32 Å². The van der Waals surface area contributed by atoms with E-state index in [9.17, 15) is 9.65 Å². The van der Waals surface area contributed by atoms with E-state index in [1.807, 2.05) is 25.4 Å². The van der Waals surface area contributed by atoms with Gasteiger partial charge < -0.3 is 5.32 Å². The van der Waals surface area contributed by atoms with Gasteiger partial charge in [0, 0.05) is 37.0 Å². The van der Waals surface area contributed by atoms with Crippen LogP contribution in [0.4, 0.5) is 16.0 Å². The molecule has 0 saturated carbocycles. The third-order valence-corrected chi connectivity index (χ3v) is 4.00. The van der Waals surface area contributed by atoms with Crippen LogP contribution in [0.2, 0.25) is 0 Å².